The largest absolute Gasteiger partial charge is 0.384 e. The maximum absolute atomic E-state index is 13.8. The van der Waals surface area contributed by atoms with Crippen LogP contribution in [0.3, 0.4) is 0 Å². The van der Waals surface area contributed by atoms with Crippen molar-refractivity contribution in [2.45, 2.75) is 13.0 Å². The first-order valence-electron chi connectivity index (χ1n) is 6.08. The number of nitrogens with two attached hydrogens (primary N) is 1. The van der Waals surface area contributed by atoms with Crippen molar-refractivity contribution < 1.29 is 4.39 Å². The minimum absolute atomic E-state index is 0.214. The van der Waals surface area contributed by atoms with E-state index in [0.29, 0.717) is 0 Å². The van der Waals surface area contributed by atoms with Crippen molar-refractivity contribution in [3.8, 4) is 0 Å². The second kappa shape index (κ2) is 4.94. The van der Waals surface area contributed by atoms with Crippen LogP contribution in [0.4, 0.5) is 10.1 Å². The Morgan fingerprint density at radius 3 is 2.78 bits per heavy atom. The molecule has 0 bridgehead atoms. The number of halogens is 1. The first kappa shape index (κ1) is 12.8. The van der Waals surface area contributed by atoms with Crippen LogP contribution in [0.15, 0.2) is 18.2 Å². The van der Waals surface area contributed by atoms with E-state index < -0.39 is 5.82 Å². The summed E-state index contributed by atoms with van der Waals surface area (Å²) in [6.45, 7) is 4.78. The molecule has 0 spiro atoms. The molecule has 0 amide bonds. The number of hydrogen-bond donors (Lipinski definition) is 2. The number of anilines is 1. The van der Waals surface area contributed by atoms with E-state index in [0.717, 1.165) is 25.3 Å². The highest BCUT2D eigenvalue weighted by molar-refractivity contribution is 6.00. The van der Waals surface area contributed by atoms with Crippen LogP contribution in [0.1, 0.15) is 12.5 Å². The molecule has 1 aliphatic rings. The van der Waals surface area contributed by atoms with E-state index in [1.807, 2.05) is 6.07 Å². The Kier molecular flexibility index (Phi) is 3.52. The topological polar surface area (TPSA) is 56.4 Å². The minimum Gasteiger partial charge on any atom is -0.384 e. The number of amidine groups is 1. The van der Waals surface area contributed by atoms with Gasteiger partial charge in [0.2, 0.25) is 0 Å². The number of nitrogens with zero attached hydrogens (tertiary/aromatic N) is 2. The molecular weight excluding hydrogens is 231 g/mol. The maximum atomic E-state index is 13.8. The first-order chi connectivity index (χ1) is 8.50. The summed E-state index contributed by atoms with van der Waals surface area (Å²) in [4.78, 5) is 4.37. The van der Waals surface area contributed by atoms with Gasteiger partial charge in [-0.2, -0.15) is 0 Å². The average molecular weight is 250 g/mol. The monoisotopic (exact) mass is 250 g/mol. The highest BCUT2D eigenvalue weighted by atomic mass is 19.1. The molecule has 3 N–H and O–H groups in total. The van der Waals surface area contributed by atoms with Gasteiger partial charge in [0.15, 0.2) is 0 Å². The molecule has 18 heavy (non-hydrogen) atoms. The van der Waals surface area contributed by atoms with E-state index in [1.165, 1.54) is 6.07 Å². The molecular formula is C13H19FN4. The summed E-state index contributed by atoms with van der Waals surface area (Å²) in [5.74, 6) is -0.639. The van der Waals surface area contributed by atoms with Gasteiger partial charge in [-0.1, -0.05) is 6.07 Å². The normalized spacial score (nSPS) is 21.1. The van der Waals surface area contributed by atoms with Gasteiger partial charge in [-0.3, -0.25) is 5.41 Å². The Hall–Kier alpha value is -1.62. The lowest BCUT2D eigenvalue weighted by atomic mass is 10.1. The summed E-state index contributed by atoms with van der Waals surface area (Å²) in [6, 6.07) is 5.13. The lowest BCUT2D eigenvalue weighted by Gasteiger charge is -2.40. The first-order valence-corrected chi connectivity index (χ1v) is 6.08. The summed E-state index contributed by atoms with van der Waals surface area (Å²) in [6.07, 6.45) is 0. The van der Waals surface area contributed by atoms with E-state index >= 15 is 0 Å². The second-order valence-corrected chi connectivity index (χ2v) is 4.85. The van der Waals surface area contributed by atoms with Crippen molar-refractivity contribution in [2.75, 3.05) is 31.6 Å². The van der Waals surface area contributed by atoms with Gasteiger partial charge >= 0.3 is 0 Å². The number of rotatable bonds is 2. The summed E-state index contributed by atoms with van der Waals surface area (Å²) in [5, 5.41) is 7.54. The number of piperazine rings is 1. The van der Waals surface area contributed by atoms with Crippen LogP contribution in [-0.4, -0.2) is 43.5 Å². The van der Waals surface area contributed by atoms with Crippen molar-refractivity contribution >= 4 is 11.5 Å². The molecule has 1 fully saturated rings. The summed E-state index contributed by atoms with van der Waals surface area (Å²) >= 11 is 0. The Bertz CT molecular complexity index is 460. The van der Waals surface area contributed by atoms with Gasteiger partial charge in [0.25, 0.3) is 0 Å². The zero-order valence-electron chi connectivity index (χ0n) is 10.8. The molecule has 1 aromatic carbocycles. The summed E-state index contributed by atoms with van der Waals surface area (Å²) < 4.78 is 13.8. The molecule has 1 atom stereocenters. The third kappa shape index (κ3) is 2.31. The molecule has 2 rings (SSSR count). The van der Waals surface area contributed by atoms with Gasteiger partial charge in [0, 0.05) is 25.7 Å². The molecule has 0 saturated carbocycles. The van der Waals surface area contributed by atoms with E-state index in [2.05, 4.69) is 23.8 Å². The van der Waals surface area contributed by atoms with Gasteiger partial charge in [-0.15, -0.1) is 0 Å². The molecule has 1 aliphatic heterocycles. The Labute approximate surface area is 107 Å². The molecule has 1 unspecified atom stereocenters. The lowest BCUT2D eigenvalue weighted by molar-refractivity contribution is 0.275. The van der Waals surface area contributed by atoms with Crippen LogP contribution in [0, 0.1) is 11.2 Å². The molecule has 0 aromatic heterocycles. The Balaban J connectivity index is 2.39. The van der Waals surface area contributed by atoms with Gasteiger partial charge in [-0.05, 0) is 26.1 Å². The Morgan fingerprint density at radius 1 is 1.44 bits per heavy atom. The standard InChI is InChI=1S/C13H19FN4/c1-9-8-17(2)6-7-18(9)11-5-3-4-10(14)12(11)13(15)16/h3-5,9H,6-8H2,1-2H3,(H3,15,16). The molecule has 1 heterocycles. The average Bonchev–Trinajstić information content (AvgIpc) is 2.28. The highest BCUT2D eigenvalue weighted by Crippen LogP contribution is 2.26. The smallest absolute Gasteiger partial charge is 0.136 e. The van der Waals surface area contributed by atoms with E-state index in [1.54, 1.807) is 6.07 Å². The molecule has 5 heteroatoms. The fraction of sp³-hybridized carbons (Fsp3) is 0.462. The van der Waals surface area contributed by atoms with Crippen molar-refractivity contribution in [1.82, 2.24) is 4.90 Å². The second-order valence-electron chi connectivity index (χ2n) is 4.85. The van der Waals surface area contributed by atoms with E-state index in [4.69, 9.17) is 11.1 Å². The number of hydrogen-bond acceptors (Lipinski definition) is 3. The van der Waals surface area contributed by atoms with Gasteiger partial charge in [0.1, 0.15) is 11.7 Å². The third-order valence-electron chi connectivity index (χ3n) is 3.40. The van der Waals surface area contributed by atoms with Crippen LogP contribution in [0.25, 0.3) is 0 Å². The highest BCUT2D eigenvalue weighted by Gasteiger charge is 2.25. The zero-order chi connectivity index (χ0) is 13.3. The predicted octanol–water partition coefficient (Wildman–Crippen LogP) is 1.25. The van der Waals surface area contributed by atoms with Crippen LogP contribution < -0.4 is 10.6 Å². The predicted molar refractivity (Wildman–Crippen MR) is 71.7 cm³/mol. The molecule has 0 radical (unpaired) electrons. The van der Waals surface area contributed by atoms with Crippen LogP contribution in [-0.2, 0) is 0 Å². The van der Waals surface area contributed by atoms with Crippen LogP contribution in [0.2, 0.25) is 0 Å². The lowest BCUT2D eigenvalue weighted by Crippen LogP contribution is -2.51. The third-order valence-corrected chi connectivity index (χ3v) is 3.40. The van der Waals surface area contributed by atoms with Crippen molar-refractivity contribution in [3.63, 3.8) is 0 Å². The SMILES string of the molecule is CC1CN(C)CCN1c1cccc(F)c1C(=N)N. The van der Waals surface area contributed by atoms with Crippen molar-refractivity contribution in [1.29, 1.82) is 5.41 Å². The van der Waals surface area contributed by atoms with Crippen molar-refractivity contribution in [3.05, 3.63) is 29.6 Å². The number of nitrogens with one attached hydrogen (secondary N) is 1. The molecule has 1 saturated heterocycles. The fourth-order valence-corrected chi connectivity index (χ4v) is 2.52. The number of nitrogen functional groups attached to an aromatic ring is 1. The molecule has 0 aliphatic carbocycles. The summed E-state index contributed by atoms with van der Waals surface area (Å²) in [5.41, 5.74) is 6.44. The number of benzene rings is 1. The van der Waals surface area contributed by atoms with Crippen LogP contribution in [0.5, 0.6) is 0 Å². The molecule has 1 aromatic rings. The van der Waals surface area contributed by atoms with Crippen molar-refractivity contribution in [2.24, 2.45) is 5.73 Å². The summed E-state index contributed by atoms with van der Waals surface area (Å²) in [7, 11) is 2.07. The fourth-order valence-electron chi connectivity index (χ4n) is 2.52. The van der Waals surface area contributed by atoms with Gasteiger partial charge in [-0.25, -0.2) is 4.39 Å². The van der Waals surface area contributed by atoms with Gasteiger partial charge < -0.3 is 15.5 Å². The van der Waals surface area contributed by atoms with E-state index in [-0.39, 0.29) is 17.4 Å². The van der Waals surface area contributed by atoms with Gasteiger partial charge in [0.05, 0.1) is 11.3 Å². The molecule has 98 valence electrons. The number of likely N-dealkylation sites (N-methyl/N-ethyl adjacent to an activating group) is 1. The minimum atomic E-state index is -0.425. The van der Waals surface area contributed by atoms with E-state index in [9.17, 15) is 4.39 Å². The van der Waals surface area contributed by atoms with Crippen LogP contribution >= 0.6 is 0 Å². The quantitative estimate of drug-likeness (QED) is 0.613. The zero-order valence-corrected chi connectivity index (χ0v) is 10.8. The molecule has 4 nitrogen and oxygen atoms in total. The Morgan fingerprint density at radius 2 is 2.17 bits per heavy atom. The maximum Gasteiger partial charge on any atom is 0.136 e.